The molecule has 0 heterocycles. The lowest BCUT2D eigenvalue weighted by molar-refractivity contribution is -0.144. The van der Waals surface area contributed by atoms with Gasteiger partial charge in [0.15, 0.2) is 8.32 Å². The summed E-state index contributed by atoms with van der Waals surface area (Å²) in [4.78, 5) is 11.5. The summed E-state index contributed by atoms with van der Waals surface area (Å²) in [6.45, 7) is 11.6. The van der Waals surface area contributed by atoms with Crippen molar-refractivity contribution < 1.29 is 26.9 Å². The Hall–Kier alpha value is -0.256. The Labute approximate surface area is 181 Å². The van der Waals surface area contributed by atoms with Crippen molar-refractivity contribution in [3.63, 3.8) is 0 Å². The predicted octanol–water partition coefficient (Wildman–Crippen LogP) is 5.68. The number of unbranched alkanes of at least 4 members (excludes halogenated alkanes) is 8. The molecule has 0 rings (SSSR count). The van der Waals surface area contributed by atoms with E-state index in [0.29, 0.717) is 25.6 Å². The molecule has 0 saturated carbocycles. The molecule has 0 saturated heterocycles. The second-order valence-electron chi connectivity index (χ2n) is 8.98. The predicted molar refractivity (Wildman–Crippen MR) is 122 cm³/mol. The minimum Gasteiger partial charge on any atom is -0.465 e. The SMILES string of the molecule is CO[Si](OC)(OCCCCCCCCCCCC(=O)OCC(C)C)O[Si](C)(C)C. The summed E-state index contributed by atoms with van der Waals surface area (Å²) in [6, 6.07) is 0. The summed E-state index contributed by atoms with van der Waals surface area (Å²) in [5.41, 5.74) is 0. The van der Waals surface area contributed by atoms with Crippen LogP contribution in [0.3, 0.4) is 0 Å². The summed E-state index contributed by atoms with van der Waals surface area (Å²) in [6.07, 6.45) is 10.9. The minimum absolute atomic E-state index is 0.0508. The standard InChI is InChI=1S/C21H46O6Si2/c1-20(2)19-25-21(22)17-15-13-11-9-8-10-12-14-16-18-26-29(23-3,24-4)27-28(5,6)7/h20H,8-19H2,1-7H3. The molecule has 8 heteroatoms. The van der Waals surface area contributed by atoms with Crippen LogP contribution in [0.1, 0.15) is 78.1 Å². The zero-order valence-electron chi connectivity index (χ0n) is 20.0. The summed E-state index contributed by atoms with van der Waals surface area (Å²) >= 11 is 0. The molecule has 29 heavy (non-hydrogen) atoms. The van der Waals surface area contributed by atoms with Crippen molar-refractivity contribution in [1.82, 2.24) is 0 Å². The number of esters is 1. The molecule has 174 valence electrons. The number of ether oxygens (including phenoxy) is 1. The van der Waals surface area contributed by atoms with Gasteiger partial charge < -0.3 is 22.1 Å². The fourth-order valence-corrected chi connectivity index (χ4v) is 7.53. The van der Waals surface area contributed by atoms with E-state index < -0.39 is 17.4 Å². The molecule has 0 radical (unpaired) electrons. The lowest BCUT2D eigenvalue weighted by Crippen LogP contribution is -2.53. The first-order chi connectivity index (χ1) is 13.6. The van der Waals surface area contributed by atoms with E-state index in [1.165, 1.54) is 32.1 Å². The topological polar surface area (TPSA) is 63.2 Å². The van der Waals surface area contributed by atoms with Crippen LogP contribution in [0.25, 0.3) is 0 Å². The summed E-state index contributed by atoms with van der Waals surface area (Å²) in [5.74, 6) is 0.360. The molecule has 0 spiro atoms. The maximum atomic E-state index is 11.5. The van der Waals surface area contributed by atoms with E-state index in [2.05, 4.69) is 33.5 Å². The van der Waals surface area contributed by atoms with Crippen LogP contribution in [-0.4, -0.2) is 50.8 Å². The monoisotopic (exact) mass is 450 g/mol. The molecule has 0 aromatic heterocycles. The molecular formula is C21H46O6Si2. The first-order valence-corrected chi connectivity index (χ1v) is 16.3. The second-order valence-corrected chi connectivity index (χ2v) is 16.1. The highest BCUT2D eigenvalue weighted by atomic mass is 28.5. The minimum atomic E-state index is -2.96. The number of hydrogen-bond donors (Lipinski definition) is 0. The Kier molecular flexibility index (Phi) is 16.3. The average Bonchev–Trinajstić information content (AvgIpc) is 2.65. The van der Waals surface area contributed by atoms with Crippen LogP contribution in [-0.2, 0) is 26.9 Å². The number of carbonyl (C=O) groups is 1. The maximum absolute atomic E-state index is 11.5. The molecule has 0 amide bonds. The van der Waals surface area contributed by atoms with Gasteiger partial charge in [0.1, 0.15) is 0 Å². The smallest absolute Gasteiger partial charge is 0.465 e. The lowest BCUT2D eigenvalue weighted by Gasteiger charge is -2.31. The normalized spacial score (nSPS) is 12.6. The Balaban J connectivity index is 3.58. The fourth-order valence-electron chi connectivity index (χ4n) is 2.83. The van der Waals surface area contributed by atoms with E-state index in [-0.39, 0.29) is 5.97 Å². The molecule has 0 fully saturated rings. The van der Waals surface area contributed by atoms with E-state index in [9.17, 15) is 4.79 Å². The summed E-state index contributed by atoms with van der Waals surface area (Å²) < 4.78 is 28.1. The van der Waals surface area contributed by atoms with E-state index in [1.807, 2.05) is 0 Å². The molecule has 0 aliphatic heterocycles. The molecule has 0 bridgehead atoms. The van der Waals surface area contributed by atoms with Crippen LogP contribution in [0.2, 0.25) is 19.6 Å². The fraction of sp³-hybridized carbons (Fsp3) is 0.952. The molecule has 0 unspecified atom stereocenters. The maximum Gasteiger partial charge on any atom is 0.668 e. The van der Waals surface area contributed by atoms with E-state index in [1.54, 1.807) is 14.2 Å². The summed E-state index contributed by atoms with van der Waals surface area (Å²) in [5, 5.41) is 0. The number of hydrogen-bond acceptors (Lipinski definition) is 6. The van der Waals surface area contributed by atoms with Gasteiger partial charge in [-0.25, -0.2) is 0 Å². The third-order valence-electron chi connectivity index (χ3n) is 4.31. The van der Waals surface area contributed by atoms with Gasteiger partial charge in [0.25, 0.3) is 0 Å². The first kappa shape index (κ1) is 28.7. The van der Waals surface area contributed by atoms with Crippen LogP contribution in [0.4, 0.5) is 0 Å². The molecule has 0 aliphatic carbocycles. The quantitative estimate of drug-likeness (QED) is 0.143. The van der Waals surface area contributed by atoms with Crippen molar-refractivity contribution >= 4 is 23.3 Å². The highest BCUT2D eigenvalue weighted by molar-refractivity contribution is 6.77. The average molecular weight is 451 g/mol. The largest absolute Gasteiger partial charge is 0.668 e. The zero-order valence-corrected chi connectivity index (χ0v) is 22.0. The molecule has 0 atom stereocenters. The van der Waals surface area contributed by atoms with Gasteiger partial charge in [-0.05, 0) is 38.4 Å². The van der Waals surface area contributed by atoms with Gasteiger partial charge in [-0.1, -0.05) is 58.8 Å². The van der Waals surface area contributed by atoms with Crippen molar-refractivity contribution in [2.75, 3.05) is 27.4 Å². The van der Waals surface area contributed by atoms with Crippen molar-refractivity contribution in [3.05, 3.63) is 0 Å². The Bertz CT molecular complexity index is 408. The second kappa shape index (κ2) is 16.4. The number of carbonyl (C=O) groups excluding carboxylic acids is 1. The third kappa shape index (κ3) is 17.1. The van der Waals surface area contributed by atoms with Gasteiger partial charge >= 0.3 is 15.0 Å². The van der Waals surface area contributed by atoms with Crippen LogP contribution in [0, 0.1) is 5.92 Å². The van der Waals surface area contributed by atoms with Gasteiger partial charge in [0.2, 0.25) is 0 Å². The Morgan fingerprint density at radius 1 is 0.793 bits per heavy atom. The van der Waals surface area contributed by atoms with E-state index in [4.69, 9.17) is 22.1 Å². The highest BCUT2D eigenvalue weighted by Crippen LogP contribution is 2.18. The molecule has 0 N–H and O–H groups in total. The van der Waals surface area contributed by atoms with Crippen molar-refractivity contribution in [2.24, 2.45) is 5.92 Å². The lowest BCUT2D eigenvalue weighted by atomic mass is 10.1. The van der Waals surface area contributed by atoms with Crippen LogP contribution < -0.4 is 0 Å². The van der Waals surface area contributed by atoms with Crippen molar-refractivity contribution in [2.45, 2.75) is 97.7 Å². The van der Waals surface area contributed by atoms with Gasteiger partial charge in [0, 0.05) is 27.2 Å². The Morgan fingerprint density at radius 3 is 1.72 bits per heavy atom. The van der Waals surface area contributed by atoms with Crippen LogP contribution >= 0.6 is 0 Å². The van der Waals surface area contributed by atoms with E-state index in [0.717, 1.165) is 25.7 Å². The van der Waals surface area contributed by atoms with Crippen LogP contribution in [0.15, 0.2) is 0 Å². The summed E-state index contributed by atoms with van der Waals surface area (Å²) in [7, 11) is -1.55. The zero-order chi connectivity index (χ0) is 22.2. The molecular weight excluding hydrogens is 404 g/mol. The van der Waals surface area contributed by atoms with Gasteiger partial charge in [-0.15, -0.1) is 0 Å². The first-order valence-electron chi connectivity index (χ1n) is 11.2. The van der Waals surface area contributed by atoms with Crippen LogP contribution in [0.5, 0.6) is 0 Å². The van der Waals surface area contributed by atoms with Crippen molar-refractivity contribution in [1.29, 1.82) is 0 Å². The van der Waals surface area contributed by atoms with Gasteiger partial charge in [-0.3, -0.25) is 4.79 Å². The Morgan fingerprint density at radius 2 is 1.28 bits per heavy atom. The molecule has 0 aromatic carbocycles. The highest BCUT2D eigenvalue weighted by Gasteiger charge is 2.46. The van der Waals surface area contributed by atoms with E-state index >= 15 is 0 Å². The molecule has 0 aromatic rings. The van der Waals surface area contributed by atoms with Crippen molar-refractivity contribution in [3.8, 4) is 0 Å². The molecule has 6 nitrogen and oxygen atoms in total. The van der Waals surface area contributed by atoms with Gasteiger partial charge in [0.05, 0.1) is 6.61 Å². The van der Waals surface area contributed by atoms with Gasteiger partial charge in [-0.2, -0.15) is 0 Å². The molecule has 0 aliphatic rings. The third-order valence-corrected chi connectivity index (χ3v) is 9.32. The number of rotatable bonds is 19.